The molecule has 0 saturated carbocycles. The van der Waals surface area contributed by atoms with Crippen molar-refractivity contribution in [3.8, 4) is 5.75 Å². The molecule has 4 rings (SSSR count). The third-order valence-electron chi connectivity index (χ3n) is 4.61. The van der Waals surface area contributed by atoms with Gasteiger partial charge in [-0.2, -0.15) is 0 Å². The molecule has 0 bridgehead atoms. The second-order valence-corrected chi connectivity index (χ2v) is 6.03. The van der Waals surface area contributed by atoms with Crippen LogP contribution in [0.15, 0.2) is 30.3 Å². The van der Waals surface area contributed by atoms with E-state index >= 15 is 0 Å². The van der Waals surface area contributed by atoms with E-state index in [1.165, 1.54) is 7.11 Å². The van der Waals surface area contributed by atoms with Gasteiger partial charge in [-0.1, -0.05) is 12.1 Å². The van der Waals surface area contributed by atoms with Crippen molar-refractivity contribution in [2.75, 3.05) is 7.11 Å². The maximum absolute atomic E-state index is 13.0. The van der Waals surface area contributed by atoms with Crippen LogP contribution in [-0.4, -0.2) is 41.7 Å². The van der Waals surface area contributed by atoms with Gasteiger partial charge in [0.15, 0.2) is 0 Å². The highest BCUT2D eigenvalue weighted by Crippen LogP contribution is 2.35. The number of rotatable bonds is 2. The van der Waals surface area contributed by atoms with Gasteiger partial charge in [-0.05, 0) is 30.0 Å². The number of hydrogen-bond donors (Lipinski definition) is 1. The first-order chi connectivity index (χ1) is 12.0. The van der Waals surface area contributed by atoms with Crippen molar-refractivity contribution in [3.63, 3.8) is 0 Å². The van der Waals surface area contributed by atoms with E-state index in [1.807, 2.05) is 0 Å². The van der Waals surface area contributed by atoms with Crippen LogP contribution in [-0.2, 0) is 9.59 Å². The lowest BCUT2D eigenvalue weighted by atomic mass is 9.91. The van der Waals surface area contributed by atoms with Crippen LogP contribution in [0.25, 0.3) is 10.8 Å². The summed E-state index contributed by atoms with van der Waals surface area (Å²) in [7, 11) is 1.49. The van der Waals surface area contributed by atoms with Crippen LogP contribution in [0.5, 0.6) is 5.75 Å². The Morgan fingerprint density at radius 2 is 1.84 bits per heavy atom. The standard InChI is InChI=1S/C18H14N2O5/c1-25-10-7-9-3-2-4-11-15(9)12(8-10)18(24)20(17(11)23)13-5-6-14(21)19-16(13)22/h2-4,7-8,13H,5-6H2,1H3,(H,19,21,22). The van der Waals surface area contributed by atoms with E-state index in [-0.39, 0.29) is 12.8 Å². The number of ether oxygens (including phenoxy) is 1. The number of nitrogens with one attached hydrogen (secondary N) is 1. The van der Waals surface area contributed by atoms with Crippen LogP contribution < -0.4 is 10.1 Å². The van der Waals surface area contributed by atoms with Crippen molar-refractivity contribution in [2.45, 2.75) is 18.9 Å². The molecule has 1 N–H and O–H groups in total. The third-order valence-corrected chi connectivity index (χ3v) is 4.61. The summed E-state index contributed by atoms with van der Waals surface area (Å²) in [5.74, 6) is -1.62. The average molecular weight is 338 g/mol. The maximum Gasteiger partial charge on any atom is 0.262 e. The first-order valence-electron chi connectivity index (χ1n) is 7.83. The number of carbonyl (C=O) groups is 4. The summed E-state index contributed by atoms with van der Waals surface area (Å²) >= 11 is 0. The predicted octanol–water partition coefficient (Wildman–Crippen LogP) is 1.25. The minimum atomic E-state index is -0.993. The summed E-state index contributed by atoms with van der Waals surface area (Å²) in [5.41, 5.74) is 0.675. The summed E-state index contributed by atoms with van der Waals surface area (Å²) in [4.78, 5) is 50.4. The molecule has 1 unspecified atom stereocenters. The fourth-order valence-corrected chi connectivity index (χ4v) is 3.43. The first kappa shape index (κ1) is 15.3. The largest absolute Gasteiger partial charge is 0.497 e. The van der Waals surface area contributed by atoms with E-state index in [9.17, 15) is 19.2 Å². The van der Waals surface area contributed by atoms with Gasteiger partial charge in [0.2, 0.25) is 11.8 Å². The first-order valence-corrected chi connectivity index (χ1v) is 7.83. The zero-order valence-corrected chi connectivity index (χ0v) is 13.4. The lowest BCUT2D eigenvalue weighted by Gasteiger charge is -2.34. The van der Waals surface area contributed by atoms with Gasteiger partial charge < -0.3 is 4.74 Å². The Morgan fingerprint density at radius 3 is 2.56 bits per heavy atom. The van der Waals surface area contributed by atoms with E-state index in [0.29, 0.717) is 22.3 Å². The van der Waals surface area contributed by atoms with Crippen LogP contribution in [0.4, 0.5) is 0 Å². The molecule has 4 amide bonds. The third kappa shape index (κ3) is 2.20. The Balaban J connectivity index is 1.89. The zero-order chi connectivity index (χ0) is 17.7. The number of amides is 4. The van der Waals surface area contributed by atoms with Crippen LogP contribution in [0, 0.1) is 0 Å². The molecule has 2 aromatic rings. The van der Waals surface area contributed by atoms with Gasteiger partial charge in [-0.25, -0.2) is 0 Å². The summed E-state index contributed by atoms with van der Waals surface area (Å²) in [6, 6.07) is 7.48. The van der Waals surface area contributed by atoms with E-state index in [1.54, 1.807) is 30.3 Å². The molecule has 7 heteroatoms. The molecule has 7 nitrogen and oxygen atoms in total. The number of nitrogens with zero attached hydrogens (tertiary/aromatic N) is 1. The molecule has 1 fully saturated rings. The van der Waals surface area contributed by atoms with Crippen molar-refractivity contribution in [1.29, 1.82) is 0 Å². The summed E-state index contributed by atoms with van der Waals surface area (Å²) in [5, 5.41) is 3.47. The molecular formula is C18H14N2O5. The van der Waals surface area contributed by atoms with Crippen molar-refractivity contribution in [1.82, 2.24) is 10.2 Å². The van der Waals surface area contributed by atoms with Gasteiger partial charge >= 0.3 is 0 Å². The van der Waals surface area contributed by atoms with Crippen molar-refractivity contribution in [3.05, 3.63) is 41.5 Å². The van der Waals surface area contributed by atoms with Crippen LogP contribution in [0.3, 0.4) is 0 Å². The van der Waals surface area contributed by atoms with Crippen LogP contribution >= 0.6 is 0 Å². The Labute approximate surface area is 142 Å². The molecular weight excluding hydrogens is 324 g/mol. The van der Waals surface area contributed by atoms with Gasteiger partial charge in [0.1, 0.15) is 11.8 Å². The zero-order valence-electron chi connectivity index (χ0n) is 13.4. The van der Waals surface area contributed by atoms with Crippen molar-refractivity contribution >= 4 is 34.4 Å². The van der Waals surface area contributed by atoms with Gasteiger partial charge in [0.05, 0.1) is 12.7 Å². The molecule has 25 heavy (non-hydrogen) atoms. The molecule has 2 aliphatic rings. The molecule has 0 aliphatic carbocycles. The quantitative estimate of drug-likeness (QED) is 0.832. The fourth-order valence-electron chi connectivity index (χ4n) is 3.43. The Bertz CT molecular complexity index is 965. The normalized spacial score (nSPS) is 20.0. The number of imide groups is 2. The number of carbonyl (C=O) groups excluding carboxylic acids is 4. The Hall–Kier alpha value is -3.22. The molecule has 2 heterocycles. The number of methoxy groups -OCH3 is 1. The van der Waals surface area contributed by atoms with E-state index in [4.69, 9.17) is 4.74 Å². The minimum absolute atomic E-state index is 0.0859. The molecule has 0 spiro atoms. The Morgan fingerprint density at radius 1 is 1.08 bits per heavy atom. The van der Waals surface area contributed by atoms with Gasteiger partial charge in [0.25, 0.3) is 11.8 Å². The lowest BCUT2D eigenvalue weighted by molar-refractivity contribution is -0.136. The fraction of sp³-hybridized carbons (Fsp3) is 0.222. The van der Waals surface area contributed by atoms with E-state index < -0.39 is 29.7 Å². The monoisotopic (exact) mass is 338 g/mol. The number of hydrogen-bond acceptors (Lipinski definition) is 5. The highest BCUT2D eigenvalue weighted by molar-refractivity contribution is 6.27. The number of piperidine rings is 1. The minimum Gasteiger partial charge on any atom is -0.497 e. The van der Waals surface area contributed by atoms with Crippen LogP contribution in [0.1, 0.15) is 33.6 Å². The van der Waals surface area contributed by atoms with Crippen LogP contribution in [0.2, 0.25) is 0 Å². The summed E-state index contributed by atoms with van der Waals surface area (Å²) in [6.07, 6.45) is 0.208. The molecule has 2 aliphatic heterocycles. The second kappa shape index (κ2) is 5.41. The molecule has 1 atom stereocenters. The van der Waals surface area contributed by atoms with Gasteiger partial charge in [-0.15, -0.1) is 0 Å². The lowest BCUT2D eigenvalue weighted by Crippen LogP contribution is -2.57. The molecule has 126 valence electrons. The van der Waals surface area contributed by atoms with Crippen molar-refractivity contribution in [2.24, 2.45) is 0 Å². The second-order valence-electron chi connectivity index (χ2n) is 6.03. The molecule has 0 aromatic heterocycles. The smallest absolute Gasteiger partial charge is 0.262 e. The van der Waals surface area contributed by atoms with E-state index in [2.05, 4.69) is 5.32 Å². The topological polar surface area (TPSA) is 92.8 Å². The average Bonchev–Trinajstić information content (AvgIpc) is 2.60. The van der Waals surface area contributed by atoms with Crippen molar-refractivity contribution < 1.29 is 23.9 Å². The molecule has 1 saturated heterocycles. The highest BCUT2D eigenvalue weighted by Gasteiger charge is 2.42. The number of benzene rings is 2. The molecule has 2 aromatic carbocycles. The maximum atomic E-state index is 13.0. The van der Waals surface area contributed by atoms with Gasteiger partial charge in [-0.3, -0.25) is 29.4 Å². The highest BCUT2D eigenvalue weighted by atomic mass is 16.5. The summed E-state index contributed by atoms with van der Waals surface area (Å²) < 4.78 is 5.24. The molecule has 0 radical (unpaired) electrons. The summed E-state index contributed by atoms with van der Waals surface area (Å²) in [6.45, 7) is 0. The predicted molar refractivity (Wildman–Crippen MR) is 87.2 cm³/mol. The Kier molecular flexibility index (Phi) is 3.31. The van der Waals surface area contributed by atoms with E-state index in [0.717, 1.165) is 10.3 Å². The SMILES string of the molecule is COc1cc2c3c(cccc3c1)C(=O)N(C1CCC(=O)NC1=O)C2=O. The van der Waals surface area contributed by atoms with Gasteiger partial charge in [0, 0.05) is 17.4 Å².